The van der Waals surface area contributed by atoms with E-state index in [1.807, 2.05) is 0 Å². The first kappa shape index (κ1) is 24.6. The average Bonchev–Trinajstić information content (AvgIpc) is 2.71. The van der Waals surface area contributed by atoms with Crippen molar-refractivity contribution in [2.45, 2.75) is 75.3 Å². The van der Waals surface area contributed by atoms with Gasteiger partial charge in [-0.25, -0.2) is 8.42 Å². The molecule has 0 N–H and O–H groups in total. The normalized spacial score (nSPS) is 20.5. The van der Waals surface area contributed by atoms with Gasteiger partial charge in [0.15, 0.2) is 0 Å². The highest BCUT2D eigenvalue weighted by molar-refractivity contribution is 7.89. The molecule has 1 saturated carbocycles. The van der Waals surface area contributed by atoms with Crippen LogP contribution in [-0.2, 0) is 14.8 Å². The summed E-state index contributed by atoms with van der Waals surface area (Å²) in [6, 6.07) is 6.41. The van der Waals surface area contributed by atoms with Crippen LogP contribution < -0.4 is 0 Å². The summed E-state index contributed by atoms with van der Waals surface area (Å²) in [6.07, 6.45) is 8.63. The number of rotatable bonds is 12. The molecule has 0 atom stereocenters. The van der Waals surface area contributed by atoms with Crippen LogP contribution in [0.1, 0.15) is 58.3 Å². The first-order chi connectivity index (χ1) is 13.8. The maximum absolute atomic E-state index is 12.8. The van der Waals surface area contributed by atoms with Crippen LogP contribution >= 0.6 is 11.6 Å². The molecule has 2 rings (SSSR count). The smallest absolute Gasteiger partial charge is 0.243 e. The van der Waals surface area contributed by atoms with Crippen LogP contribution in [0.5, 0.6) is 0 Å². The van der Waals surface area contributed by atoms with Crippen LogP contribution in [-0.4, -0.2) is 63.6 Å². The van der Waals surface area contributed by atoms with E-state index in [0.717, 1.165) is 51.8 Å². The first-order valence-electron chi connectivity index (χ1n) is 10.9. The molecule has 0 bridgehead atoms. The Morgan fingerprint density at radius 1 is 1.00 bits per heavy atom. The van der Waals surface area contributed by atoms with Crippen LogP contribution in [0.25, 0.3) is 0 Å². The Bertz CT molecular complexity index is 689. The fourth-order valence-corrected chi connectivity index (χ4v) is 5.41. The van der Waals surface area contributed by atoms with E-state index in [1.165, 1.54) is 23.6 Å². The molecule has 0 unspecified atom stereocenters. The van der Waals surface area contributed by atoms with Gasteiger partial charge < -0.3 is 9.64 Å². The molecule has 1 aliphatic carbocycles. The summed E-state index contributed by atoms with van der Waals surface area (Å²) in [5.41, 5.74) is 0. The van der Waals surface area contributed by atoms with Crippen molar-refractivity contribution in [3.8, 4) is 0 Å². The summed E-state index contributed by atoms with van der Waals surface area (Å²) in [4.78, 5) is 2.68. The van der Waals surface area contributed by atoms with Gasteiger partial charge in [-0.2, -0.15) is 4.31 Å². The molecule has 0 aromatic heterocycles. The van der Waals surface area contributed by atoms with Crippen LogP contribution in [0.15, 0.2) is 29.2 Å². The van der Waals surface area contributed by atoms with E-state index < -0.39 is 10.0 Å². The van der Waals surface area contributed by atoms with Gasteiger partial charge in [-0.15, -0.1) is 0 Å². The van der Waals surface area contributed by atoms with Gasteiger partial charge in [0, 0.05) is 31.3 Å². The van der Waals surface area contributed by atoms with Gasteiger partial charge in [0.25, 0.3) is 0 Å². The van der Waals surface area contributed by atoms with Crippen molar-refractivity contribution in [3.63, 3.8) is 0 Å². The lowest BCUT2D eigenvalue weighted by Crippen LogP contribution is -2.40. The number of unbranched alkanes of at least 4 members (excludes halogenated alkanes) is 2. The molecule has 7 heteroatoms. The summed E-state index contributed by atoms with van der Waals surface area (Å²) in [7, 11) is 0.378. The van der Waals surface area contributed by atoms with Crippen molar-refractivity contribution in [1.29, 1.82) is 0 Å². The van der Waals surface area contributed by atoms with Gasteiger partial charge in [-0.1, -0.05) is 31.4 Å². The Kier molecular flexibility index (Phi) is 10.4. The van der Waals surface area contributed by atoms with Crippen molar-refractivity contribution in [1.82, 2.24) is 9.21 Å². The maximum atomic E-state index is 12.8. The quantitative estimate of drug-likeness (QED) is 0.434. The molecule has 1 aromatic carbocycles. The maximum Gasteiger partial charge on any atom is 0.243 e. The lowest BCUT2D eigenvalue weighted by atomic mass is 9.93. The van der Waals surface area contributed by atoms with Crippen molar-refractivity contribution < 1.29 is 13.2 Å². The second-order valence-corrected chi connectivity index (χ2v) is 10.6. The fraction of sp³-hybridized carbons (Fsp3) is 0.727. The lowest BCUT2D eigenvalue weighted by molar-refractivity contribution is 0.0140. The van der Waals surface area contributed by atoms with Crippen molar-refractivity contribution >= 4 is 21.6 Å². The number of sulfonamides is 1. The van der Waals surface area contributed by atoms with Gasteiger partial charge in [-0.05, 0) is 76.4 Å². The number of hydrogen-bond acceptors (Lipinski definition) is 4. The molecule has 1 aromatic rings. The van der Waals surface area contributed by atoms with Gasteiger partial charge in [0.05, 0.1) is 11.0 Å². The molecule has 0 radical (unpaired) electrons. The number of benzene rings is 1. The van der Waals surface area contributed by atoms with E-state index in [1.54, 1.807) is 31.3 Å². The number of ether oxygens (including phenoxy) is 1. The van der Waals surface area contributed by atoms with E-state index in [-0.39, 0.29) is 12.1 Å². The first-order valence-corrected chi connectivity index (χ1v) is 12.7. The van der Waals surface area contributed by atoms with E-state index in [2.05, 4.69) is 18.9 Å². The molecule has 29 heavy (non-hydrogen) atoms. The van der Waals surface area contributed by atoms with Crippen LogP contribution in [0.4, 0.5) is 0 Å². The van der Waals surface area contributed by atoms with Crippen molar-refractivity contribution in [2.75, 3.05) is 33.8 Å². The molecular weight excluding hydrogens is 408 g/mol. The predicted molar refractivity (Wildman–Crippen MR) is 120 cm³/mol. The topological polar surface area (TPSA) is 49.9 Å². The molecule has 166 valence electrons. The third kappa shape index (κ3) is 7.83. The van der Waals surface area contributed by atoms with E-state index in [0.29, 0.717) is 9.92 Å². The largest absolute Gasteiger partial charge is 0.378 e. The molecule has 0 aliphatic heterocycles. The minimum absolute atomic E-state index is 0.0280. The Morgan fingerprint density at radius 2 is 1.62 bits per heavy atom. The Hall–Kier alpha value is -0.660. The van der Waals surface area contributed by atoms with Crippen LogP contribution in [0.2, 0.25) is 5.02 Å². The second kappa shape index (κ2) is 12.3. The van der Waals surface area contributed by atoms with Crippen molar-refractivity contribution in [3.05, 3.63) is 29.3 Å². The number of nitrogens with zero attached hydrogens (tertiary/aromatic N) is 2. The Morgan fingerprint density at radius 3 is 2.24 bits per heavy atom. The molecule has 1 fully saturated rings. The van der Waals surface area contributed by atoms with E-state index in [4.69, 9.17) is 16.3 Å². The zero-order chi connectivity index (χ0) is 21.3. The third-order valence-electron chi connectivity index (χ3n) is 5.83. The minimum atomic E-state index is -3.48. The van der Waals surface area contributed by atoms with E-state index in [9.17, 15) is 8.42 Å². The monoisotopic (exact) mass is 444 g/mol. The zero-order valence-corrected chi connectivity index (χ0v) is 19.7. The minimum Gasteiger partial charge on any atom is -0.378 e. The second-order valence-electron chi connectivity index (χ2n) is 8.14. The highest BCUT2D eigenvalue weighted by Crippen LogP contribution is 2.28. The number of halogens is 1. The summed E-state index contributed by atoms with van der Waals surface area (Å²) in [5.74, 6) is 0. The summed E-state index contributed by atoms with van der Waals surface area (Å²) >= 11 is 5.88. The average molecular weight is 445 g/mol. The summed E-state index contributed by atoms with van der Waals surface area (Å²) in [6.45, 7) is 5.24. The molecule has 0 saturated heterocycles. The highest BCUT2D eigenvalue weighted by atomic mass is 35.5. The molecule has 1 aliphatic rings. The summed E-state index contributed by atoms with van der Waals surface area (Å²) < 4.78 is 33.3. The van der Waals surface area contributed by atoms with Crippen LogP contribution in [0.3, 0.4) is 0 Å². The molecule has 0 spiro atoms. The highest BCUT2D eigenvalue weighted by Gasteiger charge is 2.31. The van der Waals surface area contributed by atoms with Crippen molar-refractivity contribution in [2.24, 2.45) is 0 Å². The Labute approximate surface area is 182 Å². The third-order valence-corrected chi connectivity index (χ3v) is 8.01. The molecular formula is C22H37ClN2O3S. The van der Waals surface area contributed by atoms with Gasteiger partial charge in [0.2, 0.25) is 10.0 Å². The molecule has 0 amide bonds. The zero-order valence-electron chi connectivity index (χ0n) is 18.1. The number of hydrogen-bond donors (Lipinski definition) is 0. The predicted octanol–water partition coefficient (Wildman–Crippen LogP) is 4.80. The van der Waals surface area contributed by atoms with Gasteiger partial charge in [0.1, 0.15) is 0 Å². The van der Waals surface area contributed by atoms with Gasteiger partial charge >= 0.3 is 0 Å². The van der Waals surface area contributed by atoms with Gasteiger partial charge in [-0.3, -0.25) is 0 Å². The molecule has 0 heterocycles. The fourth-order valence-electron chi connectivity index (χ4n) is 3.87. The Balaban J connectivity index is 1.70. The standard InChI is InChI=1S/C22H37ClN2O3S/c1-4-5-6-16-24(2)17-7-18-28-21-12-10-20(11-13-21)25(3)29(26,27)22-14-8-19(23)9-15-22/h8-9,14-15,20-21H,4-7,10-13,16-18H2,1-3H3/t20-,21-. The molecule has 5 nitrogen and oxygen atoms in total. The van der Waals surface area contributed by atoms with E-state index >= 15 is 0 Å². The lowest BCUT2D eigenvalue weighted by Gasteiger charge is -2.34. The summed E-state index contributed by atoms with van der Waals surface area (Å²) in [5, 5.41) is 0.538. The van der Waals surface area contributed by atoms with Crippen LogP contribution in [0, 0.1) is 0 Å². The SMILES string of the molecule is CCCCCN(C)CCCO[C@H]1CC[C@H](N(C)S(=O)(=O)c2ccc(Cl)cc2)CC1.